The van der Waals surface area contributed by atoms with Crippen LogP contribution in [0.3, 0.4) is 0 Å². The molecule has 4 heteroatoms. The van der Waals surface area contributed by atoms with E-state index in [1.54, 1.807) is 13.2 Å². The van der Waals surface area contributed by atoms with E-state index in [-0.39, 0.29) is 6.61 Å². The highest BCUT2D eigenvalue weighted by Gasteiger charge is 2.10. The fraction of sp³-hybridized carbons (Fsp3) is 0.0909. The molecule has 0 atom stereocenters. The number of rotatable bonds is 4. The van der Waals surface area contributed by atoms with Crippen molar-refractivity contribution in [2.45, 2.75) is 6.61 Å². The van der Waals surface area contributed by atoms with Crippen LogP contribution >= 0.6 is 0 Å². The molecule has 1 heterocycles. The Hall–Kier alpha value is -3.40. The first-order valence-electron chi connectivity index (χ1n) is 8.32. The van der Waals surface area contributed by atoms with E-state index in [1.807, 2.05) is 66.7 Å². The Morgan fingerprint density at radius 3 is 2.54 bits per heavy atom. The quantitative estimate of drug-likeness (QED) is 0.502. The highest BCUT2D eigenvalue weighted by molar-refractivity contribution is 5.91. The van der Waals surface area contributed by atoms with E-state index in [0.29, 0.717) is 5.69 Å². The molecule has 0 aliphatic carbocycles. The molecule has 3 aromatic carbocycles. The number of esters is 1. The summed E-state index contributed by atoms with van der Waals surface area (Å²) in [6.45, 7) is 0.204. The molecule has 0 saturated carbocycles. The molecule has 0 fully saturated rings. The van der Waals surface area contributed by atoms with Gasteiger partial charge in [-0.1, -0.05) is 42.5 Å². The van der Waals surface area contributed by atoms with Crippen molar-refractivity contribution in [1.29, 1.82) is 0 Å². The van der Waals surface area contributed by atoms with E-state index in [4.69, 9.17) is 9.47 Å². The van der Waals surface area contributed by atoms with Crippen LogP contribution in [-0.2, 0) is 11.3 Å². The van der Waals surface area contributed by atoms with E-state index in [0.717, 1.165) is 33.0 Å². The molecule has 0 N–H and O–H groups in total. The Kier molecular flexibility index (Phi) is 4.23. The zero-order chi connectivity index (χ0) is 17.9. The number of aromatic nitrogens is 1. The molecule has 4 nitrogen and oxygen atoms in total. The van der Waals surface area contributed by atoms with Crippen LogP contribution < -0.4 is 4.74 Å². The normalized spacial score (nSPS) is 10.8. The molecule has 0 radical (unpaired) electrons. The minimum absolute atomic E-state index is 0.204. The molecular formula is C22H17NO3. The second-order valence-electron chi connectivity index (χ2n) is 6.01. The summed E-state index contributed by atoms with van der Waals surface area (Å²) in [5.74, 6) is 0.393. The lowest BCUT2D eigenvalue weighted by Crippen LogP contribution is -2.07. The van der Waals surface area contributed by atoms with Crippen molar-refractivity contribution in [2.75, 3.05) is 7.11 Å². The second kappa shape index (κ2) is 6.84. The molecular weight excluding hydrogens is 326 g/mol. The number of carbonyl (C=O) groups excluding carboxylic acids is 1. The maximum atomic E-state index is 12.3. The molecule has 0 unspecified atom stereocenters. The Balaban J connectivity index is 1.50. The summed E-state index contributed by atoms with van der Waals surface area (Å²) in [6.07, 6.45) is 0. The summed E-state index contributed by atoms with van der Waals surface area (Å²) < 4.78 is 10.7. The highest BCUT2D eigenvalue weighted by Crippen LogP contribution is 2.22. The van der Waals surface area contributed by atoms with Gasteiger partial charge in [0.25, 0.3) is 0 Å². The number of ether oxygens (including phenoxy) is 2. The maximum absolute atomic E-state index is 12.3. The van der Waals surface area contributed by atoms with E-state index < -0.39 is 5.97 Å². The topological polar surface area (TPSA) is 48.4 Å². The van der Waals surface area contributed by atoms with Gasteiger partial charge in [0.1, 0.15) is 18.1 Å². The number of fused-ring (bicyclic) bond motifs is 2. The first-order valence-corrected chi connectivity index (χ1v) is 8.32. The predicted octanol–water partition coefficient (Wildman–Crippen LogP) is 4.75. The summed E-state index contributed by atoms with van der Waals surface area (Å²) in [6, 6.07) is 23.1. The molecule has 0 amide bonds. The van der Waals surface area contributed by atoms with Gasteiger partial charge in [0.15, 0.2) is 0 Å². The second-order valence-corrected chi connectivity index (χ2v) is 6.01. The van der Waals surface area contributed by atoms with Crippen LogP contribution in [0.15, 0.2) is 72.8 Å². The number of pyridine rings is 1. The van der Waals surface area contributed by atoms with Crippen LogP contribution in [0.4, 0.5) is 0 Å². The summed E-state index contributed by atoms with van der Waals surface area (Å²) in [4.78, 5) is 16.7. The molecule has 0 aliphatic heterocycles. The largest absolute Gasteiger partial charge is 0.497 e. The molecule has 128 valence electrons. The van der Waals surface area contributed by atoms with Gasteiger partial charge in [-0.2, -0.15) is 0 Å². The lowest BCUT2D eigenvalue weighted by atomic mass is 10.1. The molecule has 4 aromatic rings. The zero-order valence-electron chi connectivity index (χ0n) is 14.3. The number of para-hydroxylation sites is 1. The van der Waals surface area contributed by atoms with E-state index in [1.165, 1.54) is 0 Å². The molecule has 1 aromatic heterocycles. The fourth-order valence-corrected chi connectivity index (χ4v) is 2.89. The Labute approximate surface area is 151 Å². The standard InChI is InChI=1S/C22H17NO3/c1-25-19-10-8-17-12-15(6-7-18(17)13-19)14-26-22(24)21-11-9-16-4-2-3-5-20(16)23-21/h2-13H,14H2,1H3. The smallest absolute Gasteiger partial charge is 0.357 e. The van der Waals surface area contributed by atoms with Crippen LogP contribution in [-0.4, -0.2) is 18.1 Å². The van der Waals surface area contributed by atoms with Crippen molar-refractivity contribution in [2.24, 2.45) is 0 Å². The first kappa shape index (κ1) is 16.1. The maximum Gasteiger partial charge on any atom is 0.357 e. The highest BCUT2D eigenvalue weighted by atomic mass is 16.5. The Bertz CT molecular complexity index is 1100. The number of hydrogen-bond acceptors (Lipinski definition) is 4. The fourth-order valence-electron chi connectivity index (χ4n) is 2.89. The SMILES string of the molecule is COc1ccc2cc(COC(=O)c3ccc4ccccc4n3)ccc2c1. The first-order chi connectivity index (χ1) is 12.7. The molecule has 26 heavy (non-hydrogen) atoms. The van der Waals surface area contributed by atoms with Crippen molar-refractivity contribution in [3.8, 4) is 5.75 Å². The lowest BCUT2D eigenvalue weighted by molar-refractivity contribution is 0.0466. The summed E-state index contributed by atoms with van der Waals surface area (Å²) in [5.41, 5.74) is 2.02. The van der Waals surface area contributed by atoms with Crippen molar-refractivity contribution in [1.82, 2.24) is 4.98 Å². The third-order valence-electron chi connectivity index (χ3n) is 4.29. The molecule has 0 aliphatic rings. The van der Waals surface area contributed by atoms with Gasteiger partial charge >= 0.3 is 5.97 Å². The van der Waals surface area contributed by atoms with Gasteiger partial charge in [-0.15, -0.1) is 0 Å². The van der Waals surface area contributed by atoms with Crippen molar-refractivity contribution < 1.29 is 14.3 Å². The van der Waals surface area contributed by atoms with Crippen molar-refractivity contribution >= 4 is 27.6 Å². The average molecular weight is 343 g/mol. The minimum Gasteiger partial charge on any atom is -0.497 e. The predicted molar refractivity (Wildman–Crippen MR) is 101 cm³/mol. The third-order valence-corrected chi connectivity index (χ3v) is 4.29. The molecule has 4 rings (SSSR count). The van der Waals surface area contributed by atoms with Gasteiger partial charge in [-0.25, -0.2) is 9.78 Å². The average Bonchev–Trinajstić information content (AvgIpc) is 2.71. The zero-order valence-corrected chi connectivity index (χ0v) is 14.3. The van der Waals surface area contributed by atoms with Gasteiger partial charge in [0.05, 0.1) is 12.6 Å². The summed E-state index contributed by atoms with van der Waals surface area (Å²) in [7, 11) is 1.65. The monoisotopic (exact) mass is 343 g/mol. The van der Waals surface area contributed by atoms with E-state index in [9.17, 15) is 4.79 Å². The van der Waals surface area contributed by atoms with Crippen LogP contribution in [0.2, 0.25) is 0 Å². The van der Waals surface area contributed by atoms with E-state index in [2.05, 4.69) is 4.98 Å². The van der Waals surface area contributed by atoms with Crippen LogP contribution in [0.5, 0.6) is 5.75 Å². The van der Waals surface area contributed by atoms with E-state index >= 15 is 0 Å². The van der Waals surface area contributed by atoms with Gasteiger partial charge in [-0.3, -0.25) is 0 Å². The summed E-state index contributed by atoms with van der Waals surface area (Å²) >= 11 is 0. The van der Waals surface area contributed by atoms with Crippen LogP contribution in [0.1, 0.15) is 16.1 Å². The third kappa shape index (κ3) is 3.22. The molecule has 0 spiro atoms. The van der Waals surface area contributed by atoms with Crippen LogP contribution in [0.25, 0.3) is 21.7 Å². The number of hydrogen-bond donors (Lipinski definition) is 0. The van der Waals surface area contributed by atoms with Crippen molar-refractivity contribution in [3.05, 3.63) is 84.1 Å². The summed E-state index contributed by atoms with van der Waals surface area (Å²) in [5, 5.41) is 3.15. The number of benzene rings is 3. The molecule has 0 saturated heterocycles. The Morgan fingerprint density at radius 2 is 1.65 bits per heavy atom. The number of methoxy groups -OCH3 is 1. The van der Waals surface area contributed by atoms with Crippen LogP contribution in [0, 0.1) is 0 Å². The van der Waals surface area contributed by atoms with Gasteiger partial charge in [-0.05, 0) is 46.7 Å². The number of nitrogens with zero attached hydrogens (tertiary/aromatic N) is 1. The lowest BCUT2D eigenvalue weighted by Gasteiger charge is -2.07. The van der Waals surface area contributed by atoms with Gasteiger partial charge in [0, 0.05) is 5.39 Å². The Morgan fingerprint density at radius 1 is 0.885 bits per heavy atom. The van der Waals surface area contributed by atoms with Gasteiger partial charge < -0.3 is 9.47 Å². The number of carbonyl (C=O) groups is 1. The molecule has 0 bridgehead atoms. The van der Waals surface area contributed by atoms with Crippen molar-refractivity contribution in [3.63, 3.8) is 0 Å². The minimum atomic E-state index is -0.425. The van der Waals surface area contributed by atoms with Gasteiger partial charge in [0.2, 0.25) is 0 Å².